The molecule has 0 saturated carbocycles. The summed E-state index contributed by atoms with van der Waals surface area (Å²) in [4.78, 5) is 32.5. The van der Waals surface area contributed by atoms with Crippen LogP contribution in [-0.2, 0) is 9.59 Å². The molecule has 3 heterocycles. The fraction of sp³-hybridized carbons (Fsp3) is 0.611. The quantitative estimate of drug-likeness (QED) is 0.817. The molecule has 2 atom stereocenters. The van der Waals surface area contributed by atoms with E-state index in [0.717, 1.165) is 25.8 Å². The number of ether oxygens (including phenoxy) is 1. The van der Waals surface area contributed by atoms with Crippen LogP contribution >= 0.6 is 0 Å². The third-order valence-corrected chi connectivity index (χ3v) is 5.10. The summed E-state index contributed by atoms with van der Waals surface area (Å²) in [5.74, 6) is 1.18. The molecule has 2 N–H and O–H groups in total. The van der Waals surface area contributed by atoms with Crippen LogP contribution in [0.3, 0.4) is 0 Å². The minimum atomic E-state index is -0.00675. The van der Waals surface area contributed by atoms with Crippen LogP contribution in [0.15, 0.2) is 24.5 Å². The lowest BCUT2D eigenvalue weighted by Crippen LogP contribution is -2.57. The topological polar surface area (TPSA) is 88.8 Å². The Morgan fingerprint density at radius 3 is 3.04 bits per heavy atom. The summed E-state index contributed by atoms with van der Waals surface area (Å²) in [6, 6.07) is 3.81. The number of aromatic nitrogens is 1. The zero-order valence-electron chi connectivity index (χ0n) is 14.5. The average Bonchev–Trinajstić information content (AvgIpc) is 2.66. The lowest BCUT2D eigenvalue weighted by Gasteiger charge is -2.47. The molecule has 0 spiro atoms. The SMILES string of the molecule is NCCCN1C(=O)CC[C@H]2CN(C(=O)COc3cccnc3)CC[C@H]21. The van der Waals surface area contributed by atoms with Crippen molar-refractivity contribution in [3.05, 3.63) is 24.5 Å². The van der Waals surface area contributed by atoms with Gasteiger partial charge in [-0.15, -0.1) is 0 Å². The number of carbonyl (C=O) groups excluding carboxylic acids is 2. The molecule has 7 nitrogen and oxygen atoms in total. The molecule has 0 aliphatic carbocycles. The molecule has 25 heavy (non-hydrogen) atoms. The monoisotopic (exact) mass is 346 g/mol. The van der Waals surface area contributed by atoms with Crippen molar-refractivity contribution < 1.29 is 14.3 Å². The summed E-state index contributed by atoms with van der Waals surface area (Å²) < 4.78 is 5.52. The maximum absolute atomic E-state index is 12.4. The Kier molecular flexibility index (Phi) is 5.86. The highest BCUT2D eigenvalue weighted by Crippen LogP contribution is 2.31. The van der Waals surface area contributed by atoms with Gasteiger partial charge >= 0.3 is 0 Å². The van der Waals surface area contributed by atoms with E-state index in [4.69, 9.17) is 10.5 Å². The molecular formula is C18H26N4O3. The Labute approximate surface area is 148 Å². The molecule has 3 rings (SSSR count). The Morgan fingerprint density at radius 1 is 1.40 bits per heavy atom. The minimum Gasteiger partial charge on any atom is -0.482 e. The lowest BCUT2D eigenvalue weighted by atomic mass is 9.83. The normalized spacial score (nSPS) is 23.3. The highest BCUT2D eigenvalue weighted by Gasteiger charge is 2.39. The van der Waals surface area contributed by atoms with Crippen LogP contribution in [0.2, 0.25) is 0 Å². The van der Waals surface area contributed by atoms with E-state index in [2.05, 4.69) is 4.98 Å². The fourth-order valence-electron chi connectivity index (χ4n) is 3.80. The first-order valence-electron chi connectivity index (χ1n) is 8.99. The predicted molar refractivity (Wildman–Crippen MR) is 92.8 cm³/mol. The van der Waals surface area contributed by atoms with Crippen molar-refractivity contribution >= 4 is 11.8 Å². The molecule has 7 heteroatoms. The third-order valence-electron chi connectivity index (χ3n) is 5.10. The predicted octanol–water partition coefficient (Wildman–Crippen LogP) is 0.649. The molecule has 2 fully saturated rings. The second kappa shape index (κ2) is 8.29. The second-order valence-electron chi connectivity index (χ2n) is 6.70. The summed E-state index contributed by atoms with van der Waals surface area (Å²) in [6.07, 6.45) is 6.35. The van der Waals surface area contributed by atoms with Gasteiger partial charge in [-0.05, 0) is 43.9 Å². The van der Waals surface area contributed by atoms with Crippen LogP contribution in [0, 0.1) is 5.92 Å². The van der Waals surface area contributed by atoms with E-state index in [1.54, 1.807) is 24.5 Å². The maximum atomic E-state index is 12.4. The molecule has 1 aromatic rings. The number of pyridine rings is 1. The molecule has 136 valence electrons. The standard InChI is InChI=1S/C18H26N4O3/c19-7-2-9-22-16-6-10-21(12-14(16)4-5-17(22)23)18(24)13-25-15-3-1-8-20-11-15/h1,3,8,11,14,16H,2,4-7,9-10,12-13,19H2/t14-,16+/m0/s1. The molecule has 2 aliphatic heterocycles. The smallest absolute Gasteiger partial charge is 0.260 e. The van der Waals surface area contributed by atoms with E-state index in [-0.39, 0.29) is 24.5 Å². The van der Waals surface area contributed by atoms with Crippen LogP contribution in [0.25, 0.3) is 0 Å². The van der Waals surface area contributed by atoms with Crippen LogP contribution in [0.4, 0.5) is 0 Å². The van der Waals surface area contributed by atoms with Gasteiger partial charge in [0.2, 0.25) is 5.91 Å². The van der Waals surface area contributed by atoms with Crippen LogP contribution in [0.5, 0.6) is 5.75 Å². The molecule has 0 bridgehead atoms. The number of hydrogen-bond acceptors (Lipinski definition) is 5. The summed E-state index contributed by atoms with van der Waals surface area (Å²) >= 11 is 0. The number of carbonyl (C=O) groups is 2. The minimum absolute atomic E-state index is 0.00675. The van der Waals surface area contributed by atoms with Gasteiger partial charge in [-0.2, -0.15) is 0 Å². The third kappa shape index (κ3) is 4.28. The first-order chi connectivity index (χ1) is 12.2. The van der Waals surface area contributed by atoms with E-state index in [0.29, 0.717) is 37.7 Å². The van der Waals surface area contributed by atoms with Crippen molar-refractivity contribution in [2.45, 2.75) is 31.7 Å². The van der Waals surface area contributed by atoms with E-state index < -0.39 is 0 Å². The highest BCUT2D eigenvalue weighted by atomic mass is 16.5. The maximum Gasteiger partial charge on any atom is 0.260 e. The van der Waals surface area contributed by atoms with Gasteiger partial charge in [0, 0.05) is 38.3 Å². The molecule has 2 saturated heterocycles. The highest BCUT2D eigenvalue weighted by molar-refractivity contribution is 5.79. The van der Waals surface area contributed by atoms with Gasteiger partial charge in [0.1, 0.15) is 5.75 Å². The Bertz CT molecular complexity index is 595. The van der Waals surface area contributed by atoms with Crippen molar-refractivity contribution in [1.82, 2.24) is 14.8 Å². The zero-order valence-corrected chi connectivity index (χ0v) is 14.5. The average molecular weight is 346 g/mol. The molecule has 0 aromatic carbocycles. The Morgan fingerprint density at radius 2 is 2.28 bits per heavy atom. The molecule has 2 amide bonds. The number of piperidine rings is 2. The zero-order chi connectivity index (χ0) is 17.6. The Balaban J connectivity index is 1.53. The van der Waals surface area contributed by atoms with Gasteiger partial charge in [-0.1, -0.05) is 0 Å². The number of rotatable bonds is 6. The van der Waals surface area contributed by atoms with E-state index in [1.807, 2.05) is 9.80 Å². The lowest BCUT2D eigenvalue weighted by molar-refractivity contribution is -0.145. The van der Waals surface area contributed by atoms with Gasteiger partial charge < -0.3 is 20.3 Å². The van der Waals surface area contributed by atoms with Gasteiger partial charge in [-0.3, -0.25) is 14.6 Å². The second-order valence-corrected chi connectivity index (χ2v) is 6.70. The summed E-state index contributed by atoms with van der Waals surface area (Å²) in [6.45, 7) is 2.72. The number of amides is 2. The Hall–Kier alpha value is -2.15. The molecule has 0 radical (unpaired) electrons. The van der Waals surface area contributed by atoms with Crippen molar-refractivity contribution in [2.75, 3.05) is 32.8 Å². The van der Waals surface area contributed by atoms with Crippen LogP contribution in [0.1, 0.15) is 25.7 Å². The molecule has 0 unspecified atom stereocenters. The van der Waals surface area contributed by atoms with Crippen molar-refractivity contribution in [1.29, 1.82) is 0 Å². The van der Waals surface area contributed by atoms with Gasteiger partial charge in [-0.25, -0.2) is 0 Å². The summed E-state index contributed by atoms with van der Waals surface area (Å²) in [7, 11) is 0. The van der Waals surface area contributed by atoms with E-state index in [9.17, 15) is 9.59 Å². The number of nitrogens with two attached hydrogens (primary N) is 1. The summed E-state index contributed by atoms with van der Waals surface area (Å²) in [5.41, 5.74) is 5.59. The first kappa shape index (κ1) is 17.7. The number of fused-ring (bicyclic) bond motifs is 1. The number of hydrogen-bond donors (Lipinski definition) is 1. The molecular weight excluding hydrogens is 320 g/mol. The van der Waals surface area contributed by atoms with Gasteiger partial charge in [0.15, 0.2) is 6.61 Å². The van der Waals surface area contributed by atoms with Crippen molar-refractivity contribution in [3.8, 4) is 5.75 Å². The number of nitrogens with zero attached hydrogens (tertiary/aromatic N) is 3. The number of likely N-dealkylation sites (tertiary alicyclic amines) is 2. The van der Waals surface area contributed by atoms with Crippen molar-refractivity contribution in [2.24, 2.45) is 11.7 Å². The first-order valence-corrected chi connectivity index (χ1v) is 8.99. The fourth-order valence-corrected chi connectivity index (χ4v) is 3.80. The van der Waals surface area contributed by atoms with Crippen molar-refractivity contribution in [3.63, 3.8) is 0 Å². The molecule has 1 aromatic heterocycles. The van der Waals surface area contributed by atoms with Crippen LogP contribution < -0.4 is 10.5 Å². The van der Waals surface area contributed by atoms with Gasteiger partial charge in [0.25, 0.3) is 5.91 Å². The molecule has 2 aliphatic rings. The van der Waals surface area contributed by atoms with Crippen LogP contribution in [-0.4, -0.2) is 65.4 Å². The van der Waals surface area contributed by atoms with E-state index in [1.165, 1.54) is 0 Å². The largest absolute Gasteiger partial charge is 0.482 e. The van der Waals surface area contributed by atoms with E-state index >= 15 is 0 Å². The van der Waals surface area contributed by atoms with Gasteiger partial charge in [0.05, 0.1) is 6.20 Å². The summed E-state index contributed by atoms with van der Waals surface area (Å²) in [5, 5.41) is 0.